The van der Waals surface area contributed by atoms with E-state index in [1.54, 1.807) is 6.08 Å². The summed E-state index contributed by atoms with van der Waals surface area (Å²) in [6.45, 7) is 2.13. The van der Waals surface area contributed by atoms with Crippen molar-refractivity contribution in [1.82, 2.24) is 0 Å². The number of rotatable bonds is 13. The fraction of sp³-hybridized carbons (Fsp3) is 0.550. The van der Waals surface area contributed by atoms with Gasteiger partial charge in [-0.05, 0) is 38.5 Å². The van der Waals surface area contributed by atoms with Crippen LogP contribution in [0, 0.1) is 0 Å². The summed E-state index contributed by atoms with van der Waals surface area (Å²) >= 11 is 0. The molecular weight excluding hydrogens is 304 g/mol. The van der Waals surface area contributed by atoms with E-state index in [-0.39, 0.29) is 6.42 Å². The quantitative estimate of drug-likeness (QED) is 0.229. The van der Waals surface area contributed by atoms with E-state index < -0.39 is 12.1 Å². The summed E-state index contributed by atoms with van der Waals surface area (Å²) in [5.74, 6) is -0.743. The van der Waals surface area contributed by atoms with Crippen molar-refractivity contribution in [1.29, 1.82) is 0 Å². The van der Waals surface area contributed by atoms with Crippen LogP contribution in [-0.4, -0.2) is 34.5 Å². The van der Waals surface area contributed by atoms with Crippen LogP contribution < -0.4 is 0 Å². The van der Waals surface area contributed by atoms with Gasteiger partial charge in [-0.25, -0.2) is 0 Å². The molecule has 1 saturated heterocycles. The van der Waals surface area contributed by atoms with Crippen molar-refractivity contribution < 1.29 is 19.7 Å². The molecule has 2 N–H and O–H groups in total. The molecule has 4 heteroatoms. The van der Waals surface area contributed by atoms with E-state index in [4.69, 9.17) is 9.84 Å². The summed E-state index contributed by atoms with van der Waals surface area (Å²) in [5, 5.41) is 18.3. The van der Waals surface area contributed by atoms with Gasteiger partial charge in [0.2, 0.25) is 0 Å². The SMILES string of the molecule is CCC1OC1C/C=C\CC(O)/C=C\C=C/C/C=C\CCCC(=O)O. The predicted molar refractivity (Wildman–Crippen MR) is 96.9 cm³/mol. The Morgan fingerprint density at radius 1 is 1.12 bits per heavy atom. The van der Waals surface area contributed by atoms with Crippen LogP contribution >= 0.6 is 0 Å². The summed E-state index contributed by atoms with van der Waals surface area (Å²) in [7, 11) is 0. The van der Waals surface area contributed by atoms with Gasteiger partial charge in [-0.2, -0.15) is 0 Å². The lowest BCUT2D eigenvalue weighted by molar-refractivity contribution is -0.137. The third-order valence-corrected chi connectivity index (χ3v) is 3.78. The van der Waals surface area contributed by atoms with Gasteiger partial charge < -0.3 is 14.9 Å². The molecule has 3 atom stereocenters. The van der Waals surface area contributed by atoms with E-state index in [0.29, 0.717) is 25.0 Å². The van der Waals surface area contributed by atoms with Crippen LogP contribution in [0.2, 0.25) is 0 Å². The number of carbonyl (C=O) groups is 1. The van der Waals surface area contributed by atoms with Crippen molar-refractivity contribution in [3.63, 3.8) is 0 Å². The lowest BCUT2D eigenvalue weighted by atomic mass is 10.1. The molecule has 0 aliphatic carbocycles. The predicted octanol–water partition coefficient (Wildman–Crippen LogP) is 4.17. The van der Waals surface area contributed by atoms with E-state index in [0.717, 1.165) is 25.7 Å². The van der Waals surface area contributed by atoms with E-state index in [1.807, 2.05) is 36.5 Å². The molecular formula is C20H30O4. The third kappa shape index (κ3) is 11.0. The molecule has 1 fully saturated rings. The molecule has 1 rings (SSSR count). The number of aliphatic hydroxyl groups excluding tert-OH is 1. The Morgan fingerprint density at radius 3 is 2.67 bits per heavy atom. The Labute approximate surface area is 145 Å². The van der Waals surface area contributed by atoms with Crippen LogP contribution in [0.4, 0.5) is 0 Å². The van der Waals surface area contributed by atoms with E-state index in [2.05, 4.69) is 13.0 Å². The smallest absolute Gasteiger partial charge is 0.303 e. The first-order chi connectivity index (χ1) is 11.6. The minimum atomic E-state index is -0.743. The number of hydrogen-bond acceptors (Lipinski definition) is 3. The van der Waals surface area contributed by atoms with Gasteiger partial charge in [-0.15, -0.1) is 0 Å². The lowest BCUT2D eigenvalue weighted by Crippen LogP contribution is -1.99. The Hall–Kier alpha value is -1.65. The molecule has 24 heavy (non-hydrogen) atoms. The summed E-state index contributed by atoms with van der Waals surface area (Å²) in [6, 6.07) is 0. The Balaban J connectivity index is 2.01. The summed E-state index contributed by atoms with van der Waals surface area (Å²) in [6.07, 6.45) is 21.2. The zero-order valence-corrected chi connectivity index (χ0v) is 14.5. The molecule has 4 nitrogen and oxygen atoms in total. The number of carboxylic acid groups (broad SMARTS) is 1. The monoisotopic (exact) mass is 334 g/mol. The van der Waals surface area contributed by atoms with Gasteiger partial charge >= 0.3 is 5.97 Å². The van der Waals surface area contributed by atoms with Crippen molar-refractivity contribution in [2.45, 2.75) is 70.2 Å². The first-order valence-corrected chi connectivity index (χ1v) is 8.82. The molecule has 0 radical (unpaired) electrons. The average Bonchev–Trinajstić information content (AvgIpc) is 3.31. The molecule has 1 heterocycles. The Bertz CT molecular complexity index is 462. The summed E-state index contributed by atoms with van der Waals surface area (Å²) in [5.41, 5.74) is 0. The summed E-state index contributed by atoms with van der Waals surface area (Å²) < 4.78 is 5.45. The number of hydrogen-bond donors (Lipinski definition) is 2. The van der Waals surface area contributed by atoms with Crippen LogP contribution in [-0.2, 0) is 9.53 Å². The molecule has 1 aliphatic rings. The van der Waals surface area contributed by atoms with Gasteiger partial charge in [0.15, 0.2) is 0 Å². The maximum Gasteiger partial charge on any atom is 0.303 e. The van der Waals surface area contributed by atoms with Gasteiger partial charge in [0.25, 0.3) is 0 Å². The van der Waals surface area contributed by atoms with Gasteiger partial charge in [0.1, 0.15) is 0 Å². The van der Waals surface area contributed by atoms with Crippen LogP contribution in [0.15, 0.2) is 48.6 Å². The fourth-order valence-electron chi connectivity index (χ4n) is 2.30. The zero-order valence-electron chi connectivity index (χ0n) is 14.5. The maximum absolute atomic E-state index is 10.3. The molecule has 0 amide bonds. The minimum Gasteiger partial charge on any atom is -0.481 e. The number of aliphatic hydroxyl groups is 1. The Morgan fingerprint density at radius 2 is 1.96 bits per heavy atom. The molecule has 0 aromatic rings. The highest BCUT2D eigenvalue weighted by Crippen LogP contribution is 2.28. The molecule has 0 saturated carbocycles. The van der Waals surface area contributed by atoms with Crippen LogP contribution in [0.5, 0.6) is 0 Å². The van der Waals surface area contributed by atoms with Gasteiger partial charge in [0, 0.05) is 6.42 Å². The van der Waals surface area contributed by atoms with E-state index in [9.17, 15) is 9.90 Å². The van der Waals surface area contributed by atoms with Gasteiger partial charge in [-0.3, -0.25) is 4.79 Å². The topological polar surface area (TPSA) is 70.1 Å². The molecule has 1 aliphatic heterocycles. The molecule has 0 spiro atoms. The minimum absolute atomic E-state index is 0.224. The number of epoxide rings is 1. The first-order valence-electron chi connectivity index (χ1n) is 8.82. The molecule has 0 aromatic carbocycles. The second-order valence-corrected chi connectivity index (χ2v) is 5.94. The zero-order chi connectivity index (χ0) is 17.6. The Kier molecular flexibility index (Phi) is 10.8. The van der Waals surface area contributed by atoms with Gasteiger partial charge in [-0.1, -0.05) is 55.5 Å². The maximum atomic E-state index is 10.3. The number of allylic oxidation sites excluding steroid dienone is 5. The molecule has 0 bridgehead atoms. The lowest BCUT2D eigenvalue weighted by Gasteiger charge is -1.98. The van der Waals surface area contributed by atoms with E-state index >= 15 is 0 Å². The van der Waals surface area contributed by atoms with Gasteiger partial charge in [0.05, 0.1) is 18.3 Å². The van der Waals surface area contributed by atoms with Crippen molar-refractivity contribution in [2.24, 2.45) is 0 Å². The number of unbranched alkanes of at least 4 members (excludes halogenated alkanes) is 1. The highest BCUT2D eigenvalue weighted by atomic mass is 16.6. The second kappa shape index (κ2) is 12.7. The first kappa shape index (κ1) is 20.4. The normalized spacial score (nSPS) is 22.2. The van der Waals surface area contributed by atoms with Crippen molar-refractivity contribution in [3.8, 4) is 0 Å². The molecule has 134 valence electrons. The van der Waals surface area contributed by atoms with E-state index in [1.165, 1.54) is 0 Å². The molecule has 0 aromatic heterocycles. The van der Waals surface area contributed by atoms with Crippen molar-refractivity contribution in [3.05, 3.63) is 48.6 Å². The van der Waals surface area contributed by atoms with Crippen LogP contribution in [0.3, 0.4) is 0 Å². The molecule has 3 unspecified atom stereocenters. The van der Waals surface area contributed by atoms with Crippen molar-refractivity contribution >= 4 is 5.97 Å². The standard InChI is InChI=1S/C20H30O4/c1-2-18-19(24-18)15-12-11-14-17(21)13-9-7-5-3-4-6-8-10-16-20(22)23/h4-7,9,11-13,17-19,21H,2-3,8,10,14-16H2,1H3,(H,22,23)/b6-4-,7-5-,12-11-,13-9-. The third-order valence-electron chi connectivity index (χ3n) is 3.78. The average molecular weight is 334 g/mol. The summed E-state index contributed by atoms with van der Waals surface area (Å²) in [4.78, 5) is 10.3. The largest absolute Gasteiger partial charge is 0.481 e. The van der Waals surface area contributed by atoms with Crippen LogP contribution in [0.1, 0.15) is 51.9 Å². The highest BCUT2D eigenvalue weighted by Gasteiger charge is 2.35. The van der Waals surface area contributed by atoms with Crippen molar-refractivity contribution in [2.75, 3.05) is 0 Å². The highest BCUT2D eigenvalue weighted by molar-refractivity contribution is 5.66. The number of ether oxygens (including phenoxy) is 1. The number of aliphatic carboxylic acids is 1. The number of carboxylic acids is 1. The second-order valence-electron chi connectivity index (χ2n) is 5.94. The fourth-order valence-corrected chi connectivity index (χ4v) is 2.30. The van der Waals surface area contributed by atoms with Crippen LogP contribution in [0.25, 0.3) is 0 Å².